The zero-order valence-corrected chi connectivity index (χ0v) is 13.6. The van der Waals surface area contributed by atoms with Gasteiger partial charge in [0.15, 0.2) is 0 Å². The molecule has 1 aliphatic rings. The van der Waals surface area contributed by atoms with Crippen molar-refractivity contribution in [1.82, 2.24) is 0 Å². The summed E-state index contributed by atoms with van der Waals surface area (Å²) in [5.74, 6) is -0.800. The molecule has 1 fully saturated rings. The number of carbonyl (C=O) groups excluding carboxylic acids is 1. The molecule has 1 aliphatic heterocycles. The van der Waals surface area contributed by atoms with Crippen LogP contribution in [0.15, 0.2) is 48.5 Å². The number of hydrogen-bond acceptors (Lipinski definition) is 4. The highest BCUT2D eigenvalue weighted by atomic mass is 16.5. The second-order valence-corrected chi connectivity index (χ2v) is 5.78. The number of aromatic carboxylic acids is 1. The zero-order valence-electron chi connectivity index (χ0n) is 13.6. The fraction of sp³-hybridized carbons (Fsp3) is 0.263. The van der Waals surface area contributed by atoms with Crippen LogP contribution in [0.4, 0.5) is 5.69 Å². The number of carboxylic acids is 1. The van der Waals surface area contributed by atoms with Crippen LogP contribution in [0.3, 0.4) is 0 Å². The molecule has 130 valence electrons. The Balaban J connectivity index is 1.62. The number of anilines is 1. The Kier molecular flexibility index (Phi) is 5.30. The smallest absolute Gasteiger partial charge is 0.337 e. The summed E-state index contributed by atoms with van der Waals surface area (Å²) in [7, 11) is 0. The van der Waals surface area contributed by atoms with Crippen LogP contribution >= 0.6 is 0 Å². The number of carboxylic acid groups (broad SMARTS) is 1. The second-order valence-electron chi connectivity index (χ2n) is 5.78. The third kappa shape index (κ3) is 4.36. The molecule has 0 aliphatic carbocycles. The summed E-state index contributed by atoms with van der Waals surface area (Å²) in [6.07, 6.45) is 2.20. The van der Waals surface area contributed by atoms with Gasteiger partial charge < -0.3 is 19.9 Å². The predicted molar refractivity (Wildman–Crippen MR) is 92.3 cm³/mol. The molecule has 2 N–H and O–H groups in total. The first-order valence-corrected chi connectivity index (χ1v) is 8.11. The van der Waals surface area contributed by atoms with Crippen molar-refractivity contribution in [2.75, 3.05) is 18.5 Å². The molecule has 25 heavy (non-hydrogen) atoms. The summed E-state index contributed by atoms with van der Waals surface area (Å²) < 4.78 is 11.2. The number of rotatable bonds is 6. The van der Waals surface area contributed by atoms with Crippen molar-refractivity contribution < 1.29 is 24.2 Å². The summed E-state index contributed by atoms with van der Waals surface area (Å²) in [6.45, 7) is 1.28. The maximum Gasteiger partial charge on any atom is 0.337 e. The summed E-state index contributed by atoms with van der Waals surface area (Å²) in [6, 6.07) is 13.0. The van der Waals surface area contributed by atoms with E-state index in [1.165, 1.54) is 6.07 Å². The summed E-state index contributed by atoms with van der Waals surface area (Å²) in [5, 5.41) is 11.8. The van der Waals surface area contributed by atoms with Crippen molar-refractivity contribution in [1.29, 1.82) is 0 Å². The number of benzene rings is 2. The fourth-order valence-corrected chi connectivity index (χ4v) is 2.64. The molecule has 0 aromatic heterocycles. The zero-order chi connectivity index (χ0) is 17.6. The molecule has 1 atom stereocenters. The average Bonchev–Trinajstić information content (AvgIpc) is 3.14. The normalized spacial score (nSPS) is 16.4. The van der Waals surface area contributed by atoms with Crippen LogP contribution in [0.1, 0.15) is 33.6 Å². The molecule has 0 bridgehead atoms. The SMILES string of the molecule is O=C(Nc1ccccc1C(=O)O)c1ccc(OCC2CCCO2)cc1. The molecule has 0 radical (unpaired) electrons. The number of hydrogen-bond donors (Lipinski definition) is 2. The van der Waals surface area contributed by atoms with Gasteiger partial charge in [0.25, 0.3) is 5.91 Å². The molecule has 6 nitrogen and oxygen atoms in total. The number of nitrogens with one attached hydrogen (secondary N) is 1. The molecule has 0 saturated carbocycles. The van der Waals surface area contributed by atoms with Gasteiger partial charge >= 0.3 is 5.97 Å². The molecule has 1 amide bonds. The van der Waals surface area contributed by atoms with E-state index in [0.29, 0.717) is 17.9 Å². The van der Waals surface area contributed by atoms with Crippen LogP contribution in [0.5, 0.6) is 5.75 Å². The Morgan fingerprint density at radius 2 is 1.92 bits per heavy atom. The monoisotopic (exact) mass is 341 g/mol. The Morgan fingerprint density at radius 1 is 1.16 bits per heavy atom. The van der Waals surface area contributed by atoms with E-state index in [2.05, 4.69) is 5.32 Å². The largest absolute Gasteiger partial charge is 0.491 e. The van der Waals surface area contributed by atoms with Crippen molar-refractivity contribution in [2.45, 2.75) is 18.9 Å². The maximum absolute atomic E-state index is 12.3. The fourth-order valence-electron chi connectivity index (χ4n) is 2.64. The lowest BCUT2D eigenvalue weighted by atomic mass is 10.1. The van der Waals surface area contributed by atoms with Gasteiger partial charge in [-0.1, -0.05) is 12.1 Å². The van der Waals surface area contributed by atoms with E-state index in [1.807, 2.05) is 0 Å². The summed E-state index contributed by atoms with van der Waals surface area (Å²) in [4.78, 5) is 23.5. The third-order valence-electron chi connectivity index (χ3n) is 3.98. The van der Waals surface area contributed by atoms with Crippen LogP contribution < -0.4 is 10.1 Å². The third-order valence-corrected chi connectivity index (χ3v) is 3.98. The number of para-hydroxylation sites is 1. The molecule has 0 spiro atoms. The van der Waals surface area contributed by atoms with E-state index >= 15 is 0 Å². The first-order valence-electron chi connectivity index (χ1n) is 8.11. The Labute approximate surface area is 145 Å². The highest BCUT2D eigenvalue weighted by molar-refractivity contribution is 6.07. The number of amides is 1. The van der Waals surface area contributed by atoms with E-state index < -0.39 is 5.97 Å². The van der Waals surface area contributed by atoms with Crippen LogP contribution in [-0.2, 0) is 4.74 Å². The van der Waals surface area contributed by atoms with Crippen molar-refractivity contribution >= 4 is 17.6 Å². The number of carbonyl (C=O) groups is 2. The topological polar surface area (TPSA) is 84.9 Å². The highest BCUT2D eigenvalue weighted by Gasteiger charge is 2.16. The van der Waals surface area contributed by atoms with Gasteiger partial charge in [-0.2, -0.15) is 0 Å². The Bertz CT molecular complexity index is 751. The van der Waals surface area contributed by atoms with Gasteiger partial charge in [0.2, 0.25) is 0 Å². The van der Waals surface area contributed by atoms with E-state index in [-0.39, 0.29) is 23.3 Å². The van der Waals surface area contributed by atoms with Gasteiger partial charge in [-0.3, -0.25) is 4.79 Å². The van der Waals surface area contributed by atoms with Gasteiger partial charge in [-0.15, -0.1) is 0 Å². The van der Waals surface area contributed by atoms with Crippen molar-refractivity contribution in [3.05, 3.63) is 59.7 Å². The van der Waals surface area contributed by atoms with E-state index in [0.717, 1.165) is 19.4 Å². The van der Waals surface area contributed by atoms with Crippen LogP contribution in [-0.4, -0.2) is 36.3 Å². The minimum absolute atomic E-state index is 0.0485. The molecule has 6 heteroatoms. The second kappa shape index (κ2) is 7.81. The number of ether oxygens (including phenoxy) is 2. The van der Waals surface area contributed by atoms with Crippen LogP contribution in [0.25, 0.3) is 0 Å². The van der Waals surface area contributed by atoms with Crippen molar-refractivity contribution in [2.24, 2.45) is 0 Å². The molecule has 1 heterocycles. The summed E-state index contributed by atoms with van der Waals surface area (Å²) >= 11 is 0. The van der Waals surface area contributed by atoms with Crippen LogP contribution in [0, 0.1) is 0 Å². The van der Waals surface area contributed by atoms with Gasteiger partial charge in [0, 0.05) is 12.2 Å². The quantitative estimate of drug-likeness (QED) is 0.843. The molecule has 2 aromatic carbocycles. The van der Waals surface area contributed by atoms with Gasteiger partial charge in [-0.25, -0.2) is 4.79 Å². The predicted octanol–water partition coefficient (Wildman–Crippen LogP) is 3.19. The maximum atomic E-state index is 12.3. The lowest BCUT2D eigenvalue weighted by Crippen LogP contribution is -2.16. The first kappa shape index (κ1) is 17.0. The molecular formula is C19H19NO5. The van der Waals surface area contributed by atoms with Crippen LogP contribution in [0.2, 0.25) is 0 Å². The van der Waals surface area contributed by atoms with Gasteiger partial charge in [0.1, 0.15) is 12.4 Å². The van der Waals surface area contributed by atoms with E-state index in [9.17, 15) is 9.59 Å². The van der Waals surface area contributed by atoms with Crippen molar-refractivity contribution in [3.8, 4) is 5.75 Å². The molecular weight excluding hydrogens is 322 g/mol. The average molecular weight is 341 g/mol. The minimum Gasteiger partial charge on any atom is -0.491 e. The summed E-state index contributed by atoms with van der Waals surface area (Å²) in [5.41, 5.74) is 0.732. The Morgan fingerprint density at radius 3 is 2.60 bits per heavy atom. The molecule has 3 rings (SSSR count). The lowest BCUT2D eigenvalue weighted by Gasteiger charge is -2.12. The van der Waals surface area contributed by atoms with E-state index in [1.54, 1.807) is 42.5 Å². The molecule has 1 unspecified atom stereocenters. The van der Waals surface area contributed by atoms with Gasteiger partial charge in [0.05, 0.1) is 17.4 Å². The standard InChI is InChI=1S/C19H19NO5/c21-18(20-17-6-2-1-5-16(17)19(22)23)13-7-9-14(10-8-13)25-12-15-4-3-11-24-15/h1-2,5-10,15H,3-4,11-12H2,(H,20,21)(H,22,23). The van der Waals surface area contributed by atoms with Gasteiger partial charge in [-0.05, 0) is 49.2 Å². The van der Waals surface area contributed by atoms with Crippen molar-refractivity contribution in [3.63, 3.8) is 0 Å². The Hall–Kier alpha value is -2.86. The molecule has 1 saturated heterocycles. The van der Waals surface area contributed by atoms with E-state index in [4.69, 9.17) is 14.6 Å². The highest BCUT2D eigenvalue weighted by Crippen LogP contribution is 2.19. The lowest BCUT2D eigenvalue weighted by molar-refractivity contribution is 0.0679. The first-order chi connectivity index (χ1) is 12.1. The molecule has 2 aromatic rings. The minimum atomic E-state index is -1.09.